The van der Waals surface area contributed by atoms with Crippen LogP contribution >= 0.6 is 11.3 Å². The average molecular weight is 440 g/mol. The number of hydrogen-bond acceptors (Lipinski definition) is 7. The molecule has 0 radical (unpaired) electrons. The van der Waals surface area contributed by atoms with Crippen molar-refractivity contribution < 1.29 is 19.0 Å². The van der Waals surface area contributed by atoms with Gasteiger partial charge in [0.05, 0.1) is 27.0 Å². The molecule has 0 aliphatic carbocycles. The van der Waals surface area contributed by atoms with Crippen LogP contribution in [-0.2, 0) is 19.5 Å². The number of anilines is 1. The number of carbonyl (C=O) groups excluding carboxylic acids is 1. The highest BCUT2D eigenvalue weighted by atomic mass is 32.1. The second-order valence-electron chi connectivity index (χ2n) is 7.24. The zero-order valence-corrected chi connectivity index (χ0v) is 18.6. The summed E-state index contributed by atoms with van der Waals surface area (Å²) in [5.74, 6) is 1.02. The fourth-order valence-corrected chi connectivity index (χ4v) is 4.43. The first-order valence-electron chi connectivity index (χ1n) is 9.96. The van der Waals surface area contributed by atoms with Gasteiger partial charge in [-0.15, -0.1) is 11.3 Å². The van der Waals surface area contributed by atoms with Crippen LogP contribution in [-0.4, -0.2) is 43.7 Å². The molecule has 7 nitrogen and oxygen atoms in total. The molecule has 0 fully saturated rings. The molecule has 0 saturated heterocycles. The van der Waals surface area contributed by atoms with E-state index in [1.54, 1.807) is 12.1 Å². The fraction of sp³-hybridized carbons (Fsp3) is 0.304. The number of nitrogens with zero attached hydrogens (tertiary/aromatic N) is 2. The molecule has 0 unspecified atom stereocenters. The monoisotopic (exact) mass is 439 g/mol. The molecule has 1 N–H and O–H groups in total. The van der Waals surface area contributed by atoms with Crippen molar-refractivity contribution in [2.24, 2.45) is 0 Å². The van der Waals surface area contributed by atoms with Crippen molar-refractivity contribution in [1.29, 1.82) is 0 Å². The van der Waals surface area contributed by atoms with Crippen molar-refractivity contribution >= 4 is 22.4 Å². The predicted octanol–water partition coefficient (Wildman–Crippen LogP) is 3.98. The van der Waals surface area contributed by atoms with Crippen molar-refractivity contribution in [3.05, 3.63) is 64.2 Å². The summed E-state index contributed by atoms with van der Waals surface area (Å²) < 4.78 is 16.0. The predicted molar refractivity (Wildman–Crippen MR) is 120 cm³/mol. The van der Waals surface area contributed by atoms with Crippen molar-refractivity contribution in [3.8, 4) is 17.2 Å². The van der Waals surface area contributed by atoms with E-state index in [-0.39, 0.29) is 5.91 Å². The lowest BCUT2D eigenvalue weighted by Crippen LogP contribution is -2.30. The number of fused-ring (bicyclic) bond motifs is 1. The summed E-state index contributed by atoms with van der Waals surface area (Å²) in [4.78, 5) is 19.8. The molecule has 3 aromatic rings. The average Bonchev–Trinajstić information content (AvgIpc) is 3.24. The van der Waals surface area contributed by atoms with Crippen molar-refractivity contribution in [1.82, 2.24) is 9.88 Å². The van der Waals surface area contributed by atoms with Crippen LogP contribution in [0.5, 0.6) is 17.2 Å². The van der Waals surface area contributed by atoms with Crippen LogP contribution in [0.15, 0.2) is 41.8 Å². The number of aromatic nitrogens is 1. The molecule has 1 aliphatic rings. The number of hydrogen-bond donors (Lipinski definition) is 1. The molecule has 0 bridgehead atoms. The van der Waals surface area contributed by atoms with E-state index in [0.29, 0.717) is 27.9 Å². The van der Waals surface area contributed by atoms with E-state index in [9.17, 15) is 4.79 Å². The molecule has 8 heteroatoms. The van der Waals surface area contributed by atoms with Gasteiger partial charge < -0.3 is 14.2 Å². The summed E-state index contributed by atoms with van der Waals surface area (Å²) >= 11 is 1.42. The van der Waals surface area contributed by atoms with Crippen LogP contribution in [0.2, 0.25) is 0 Å². The van der Waals surface area contributed by atoms with Gasteiger partial charge in [0.25, 0.3) is 5.91 Å². The van der Waals surface area contributed by atoms with Gasteiger partial charge in [-0.25, -0.2) is 4.98 Å². The normalized spacial score (nSPS) is 13.4. The van der Waals surface area contributed by atoms with Crippen LogP contribution in [0, 0.1) is 0 Å². The molecule has 1 amide bonds. The highest BCUT2D eigenvalue weighted by molar-refractivity contribution is 7.14. The Kier molecular flexibility index (Phi) is 6.39. The number of amides is 1. The fourth-order valence-electron chi connectivity index (χ4n) is 3.74. The molecule has 162 valence electrons. The molecule has 1 aliphatic heterocycles. The minimum Gasteiger partial charge on any atom is -0.493 e. The first kappa shape index (κ1) is 21.1. The molecule has 2 aromatic carbocycles. The SMILES string of the molecule is COc1cc(C(=O)Nc2nc(CN3CCc4ccccc4C3)cs2)cc(OC)c1OC. The van der Waals surface area contributed by atoms with Crippen LogP contribution in [0.4, 0.5) is 5.13 Å². The standard InChI is InChI=1S/C23H25N3O4S/c1-28-19-10-17(11-20(29-2)21(19)30-3)22(27)25-23-24-18(14-31-23)13-26-9-8-15-6-4-5-7-16(15)12-26/h4-7,10-11,14H,8-9,12-13H2,1-3H3,(H,24,25,27). The highest BCUT2D eigenvalue weighted by Crippen LogP contribution is 2.38. The van der Waals surface area contributed by atoms with E-state index >= 15 is 0 Å². The van der Waals surface area contributed by atoms with Crippen LogP contribution < -0.4 is 19.5 Å². The largest absolute Gasteiger partial charge is 0.493 e. The molecule has 31 heavy (non-hydrogen) atoms. The smallest absolute Gasteiger partial charge is 0.257 e. The Balaban J connectivity index is 1.43. The van der Waals surface area contributed by atoms with Gasteiger partial charge in [-0.1, -0.05) is 24.3 Å². The van der Waals surface area contributed by atoms with Crippen LogP contribution in [0.1, 0.15) is 27.2 Å². The summed E-state index contributed by atoms with van der Waals surface area (Å²) in [6.45, 7) is 2.67. The maximum Gasteiger partial charge on any atom is 0.257 e. The molecule has 1 aromatic heterocycles. The Morgan fingerprint density at radius 2 is 1.81 bits per heavy atom. The highest BCUT2D eigenvalue weighted by Gasteiger charge is 2.19. The maximum absolute atomic E-state index is 12.8. The lowest BCUT2D eigenvalue weighted by Gasteiger charge is -2.27. The number of ether oxygens (including phenoxy) is 3. The van der Waals surface area contributed by atoms with Gasteiger partial charge in [-0.2, -0.15) is 0 Å². The Morgan fingerprint density at radius 1 is 1.10 bits per heavy atom. The van der Waals surface area contributed by atoms with Gasteiger partial charge in [0.2, 0.25) is 5.75 Å². The van der Waals surface area contributed by atoms with Gasteiger partial charge in [-0.3, -0.25) is 15.0 Å². The molecule has 4 rings (SSSR count). The van der Waals surface area contributed by atoms with Gasteiger partial charge in [0.1, 0.15) is 0 Å². The minimum atomic E-state index is -0.285. The number of thiazole rings is 1. The van der Waals surface area contributed by atoms with Gasteiger partial charge in [0.15, 0.2) is 16.6 Å². The summed E-state index contributed by atoms with van der Waals surface area (Å²) in [5.41, 5.74) is 4.15. The minimum absolute atomic E-state index is 0.285. The van der Waals surface area contributed by atoms with E-state index in [2.05, 4.69) is 39.5 Å². The summed E-state index contributed by atoms with van der Waals surface area (Å²) in [7, 11) is 4.56. The maximum atomic E-state index is 12.8. The second kappa shape index (κ2) is 9.36. The van der Waals surface area contributed by atoms with Crippen molar-refractivity contribution in [3.63, 3.8) is 0 Å². The lowest BCUT2D eigenvalue weighted by atomic mass is 10.00. The third-order valence-corrected chi connectivity index (χ3v) is 6.10. The van der Waals surface area contributed by atoms with E-state index < -0.39 is 0 Å². The number of nitrogens with one attached hydrogen (secondary N) is 1. The number of rotatable bonds is 7. The van der Waals surface area contributed by atoms with Crippen LogP contribution in [0.3, 0.4) is 0 Å². The number of benzene rings is 2. The van der Waals surface area contributed by atoms with Crippen LogP contribution in [0.25, 0.3) is 0 Å². The van der Waals surface area contributed by atoms with Gasteiger partial charge >= 0.3 is 0 Å². The molecule has 2 heterocycles. The van der Waals surface area contributed by atoms with Crippen molar-refractivity contribution in [2.75, 3.05) is 33.2 Å². The molecule has 0 spiro atoms. The Morgan fingerprint density at radius 3 is 2.48 bits per heavy atom. The third-order valence-electron chi connectivity index (χ3n) is 5.29. The molecule has 0 atom stereocenters. The summed E-state index contributed by atoms with van der Waals surface area (Å²) in [5, 5.41) is 5.42. The van der Waals surface area contributed by atoms with E-state index in [1.165, 1.54) is 43.8 Å². The van der Waals surface area contributed by atoms with E-state index in [0.717, 1.165) is 31.7 Å². The topological polar surface area (TPSA) is 72.9 Å². The number of carbonyl (C=O) groups is 1. The summed E-state index contributed by atoms with van der Waals surface area (Å²) in [6, 6.07) is 11.8. The Hall–Kier alpha value is -3.10. The van der Waals surface area contributed by atoms with Gasteiger partial charge in [0, 0.05) is 30.6 Å². The quantitative estimate of drug-likeness (QED) is 0.600. The molecular formula is C23H25N3O4S. The first-order valence-corrected chi connectivity index (χ1v) is 10.8. The first-order chi connectivity index (χ1) is 15.1. The van der Waals surface area contributed by atoms with Crippen molar-refractivity contribution in [2.45, 2.75) is 19.5 Å². The number of methoxy groups -OCH3 is 3. The van der Waals surface area contributed by atoms with Gasteiger partial charge in [-0.05, 0) is 29.7 Å². The zero-order chi connectivity index (χ0) is 21.8. The van der Waals surface area contributed by atoms with E-state index in [1.807, 2.05) is 5.38 Å². The second-order valence-corrected chi connectivity index (χ2v) is 8.10. The summed E-state index contributed by atoms with van der Waals surface area (Å²) in [6.07, 6.45) is 1.05. The third kappa shape index (κ3) is 4.65. The Labute approximate surface area is 185 Å². The van der Waals surface area contributed by atoms with E-state index in [4.69, 9.17) is 14.2 Å². The molecular weight excluding hydrogens is 414 g/mol. The Bertz CT molecular complexity index is 1060. The lowest BCUT2D eigenvalue weighted by molar-refractivity contribution is 0.102. The zero-order valence-electron chi connectivity index (χ0n) is 17.8. The molecule has 0 saturated carbocycles.